The van der Waals surface area contributed by atoms with Crippen molar-refractivity contribution in [1.82, 2.24) is 14.8 Å². The van der Waals surface area contributed by atoms with Gasteiger partial charge in [0.1, 0.15) is 5.82 Å². The fraction of sp³-hybridized carbons (Fsp3) is 0.300. The molecule has 0 aromatic carbocycles. The fourth-order valence-electron chi connectivity index (χ4n) is 1.34. The maximum Gasteiger partial charge on any atom is 0.231 e. The van der Waals surface area contributed by atoms with Crippen LogP contribution in [0.3, 0.4) is 0 Å². The van der Waals surface area contributed by atoms with E-state index in [9.17, 15) is 4.79 Å². The lowest BCUT2D eigenvalue weighted by molar-refractivity contribution is -0.115. The third-order valence-electron chi connectivity index (χ3n) is 2.10. The SMILES string of the molecule is Cc1nc(CC(=O)Nc2ccnn2C)cs1. The average Bonchev–Trinajstić information content (AvgIpc) is 2.77. The van der Waals surface area contributed by atoms with Crippen LogP contribution in [-0.2, 0) is 18.3 Å². The van der Waals surface area contributed by atoms with E-state index in [1.54, 1.807) is 35.3 Å². The smallest absolute Gasteiger partial charge is 0.231 e. The Morgan fingerprint density at radius 1 is 1.62 bits per heavy atom. The maximum atomic E-state index is 11.7. The second kappa shape index (κ2) is 4.44. The van der Waals surface area contributed by atoms with Crippen molar-refractivity contribution in [3.8, 4) is 0 Å². The number of rotatable bonds is 3. The van der Waals surface area contributed by atoms with E-state index in [0.717, 1.165) is 10.7 Å². The van der Waals surface area contributed by atoms with E-state index >= 15 is 0 Å². The van der Waals surface area contributed by atoms with Crippen LogP contribution in [0.2, 0.25) is 0 Å². The molecule has 0 aliphatic heterocycles. The van der Waals surface area contributed by atoms with Gasteiger partial charge in [0.05, 0.1) is 23.3 Å². The third kappa shape index (κ3) is 2.46. The number of aromatic nitrogens is 3. The first-order valence-electron chi connectivity index (χ1n) is 4.84. The third-order valence-corrected chi connectivity index (χ3v) is 2.92. The number of nitrogens with zero attached hydrogens (tertiary/aromatic N) is 3. The summed E-state index contributed by atoms with van der Waals surface area (Å²) in [4.78, 5) is 15.9. The minimum atomic E-state index is -0.0751. The summed E-state index contributed by atoms with van der Waals surface area (Å²) in [6.07, 6.45) is 1.94. The summed E-state index contributed by atoms with van der Waals surface area (Å²) in [7, 11) is 1.78. The zero-order valence-corrected chi connectivity index (χ0v) is 9.91. The van der Waals surface area contributed by atoms with E-state index in [1.807, 2.05) is 12.3 Å². The van der Waals surface area contributed by atoms with Gasteiger partial charge in [0.15, 0.2) is 0 Å². The number of amides is 1. The van der Waals surface area contributed by atoms with Crippen molar-refractivity contribution in [3.63, 3.8) is 0 Å². The van der Waals surface area contributed by atoms with Crippen molar-refractivity contribution < 1.29 is 4.79 Å². The Labute approximate surface area is 97.1 Å². The fourth-order valence-corrected chi connectivity index (χ4v) is 1.95. The van der Waals surface area contributed by atoms with Crippen LogP contribution in [0.5, 0.6) is 0 Å². The van der Waals surface area contributed by atoms with Gasteiger partial charge in [-0.05, 0) is 6.92 Å². The molecule has 0 spiro atoms. The standard InChI is InChI=1S/C10H12N4OS/c1-7-12-8(6-16-7)5-10(15)13-9-3-4-11-14(9)2/h3-4,6H,5H2,1-2H3,(H,13,15). The van der Waals surface area contributed by atoms with Crippen molar-refractivity contribution in [3.05, 3.63) is 28.3 Å². The molecule has 0 aliphatic rings. The van der Waals surface area contributed by atoms with Gasteiger partial charge in [-0.3, -0.25) is 9.48 Å². The van der Waals surface area contributed by atoms with Gasteiger partial charge in [0, 0.05) is 18.5 Å². The molecule has 0 bridgehead atoms. The van der Waals surface area contributed by atoms with E-state index < -0.39 is 0 Å². The van der Waals surface area contributed by atoms with E-state index in [4.69, 9.17) is 0 Å². The van der Waals surface area contributed by atoms with E-state index in [1.165, 1.54) is 0 Å². The van der Waals surface area contributed by atoms with Crippen LogP contribution in [0, 0.1) is 6.92 Å². The Bertz CT molecular complexity index is 502. The molecule has 6 heteroatoms. The molecule has 1 N–H and O–H groups in total. The molecule has 2 aromatic rings. The van der Waals surface area contributed by atoms with Crippen molar-refractivity contribution in [2.75, 3.05) is 5.32 Å². The van der Waals surface area contributed by atoms with Gasteiger partial charge >= 0.3 is 0 Å². The number of thiazole rings is 1. The van der Waals surface area contributed by atoms with Crippen LogP contribution in [-0.4, -0.2) is 20.7 Å². The van der Waals surface area contributed by atoms with Crippen molar-refractivity contribution in [1.29, 1.82) is 0 Å². The zero-order chi connectivity index (χ0) is 11.5. The van der Waals surface area contributed by atoms with Gasteiger partial charge in [-0.2, -0.15) is 5.10 Å². The van der Waals surface area contributed by atoms with Gasteiger partial charge in [-0.25, -0.2) is 4.98 Å². The first kappa shape index (κ1) is 10.8. The molecule has 0 atom stereocenters. The van der Waals surface area contributed by atoms with Gasteiger partial charge in [0.25, 0.3) is 0 Å². The Morgan fingerprint density at radius 3 is 3.00 bits per heavy atom. The summed E-state index contributed by atoms with van der Waals surface area (Å²) >= 11 is 1.55. The van der Waals surface area contributed by atoms with Crippen LogP contribution in [0.1, 0.15) is 10.7 Å². The molecular formula is C10H12N4OS. The lowest BCUT2D eigenvalue weighted by Gasteiger charge is -2.03. The normalized spacial score (nSPS) is 10.4. The molecule has 2 rings (SSSR count). The molecule has 2 aromatic heterocycles. The molecule has 5 nitrogen and oxygen atoms in total. The topological polar surface area (TPSA) is 59.8 Å². The minimum absolute atomic E-state index is 0.0751. The second-order valence-corrected chi connectivity index (χ2v) is 4.49. The van der Waals surface area contributed by atoms with E-state index in [2.05, 4.69) is 15.4 Å². The highest BCUT2D eigenvalue weighted by atomic mass is 32.1. The van der Waals surface area contributed by atoms with Crippen molar-refractivity contribution in [2.24, 2.45) is 7.05 Å². The summed E-state index contributed by atoms with van der Waals surface area (Å²) in [5.41, 5.74) is 0.808. The molecule has 0 unspecified atom stereocenters. The Kier molecular flexibility index (Phi) is 3.00. The summed E-state index contributed by atoms with van der Waals surface area (Å²) in [5.74, 6) is 0.617. The van der Waals surface area contributed by atoms with Crippen molar-refractivity contribution in [2.45, 2.75) is 13.3 Å². The Balaban J connectivity index is 1.97. The molecule has 0 aliphatic carbocycles. The van der Waals surface area contributed by atoms with Crippen LogP contribution in [0.25, 0.3) is 0 Å². The molecule has 0 saturated carbocycles. The number of anilines is 1. The van der Waals surface area contributed by atoms with Crippen LogP contribution in [0.15, 0.2) is 17.6 Å². The molecule has 84 valence electrons. The zero-order valence-electron chi connectivity index (χ0n) is 9.10. The summed E-state index contributed by atoms with van der Waals surface area (Å²) in [6, 6.07) is 1.75. The molecule has 1 amide bonds. The highest BCUT2D eigenvalue weighted by Gasteiger charge is 2.08. The highest BCUT2D eigenvalue weighted by Crippen LogP contribution is 2.10. The van der Waals surface area contributed by atoms with E-state index in [0.29, 0.717) is 12.2 Å². The summed E-state index contributed by atoms with van der Waals surface area (Å²) < 4.78 is 1.62. The van der Waals surface area contributed by atoms with Gasteiger partial charge in [0.2, 0.25) is 5.91 Å². The predicted molar refractivity (Wildman–Crippen MR) is 62.4 cm³/mol. The number of aryl methyl sites for hydroxylation is 2. The predicted octanol–water partition coefficient (Wildman–Crippen LogP) is 1.37. The van der Waals surface area contributed by atoms with Crippen LogP contribution >= 0.6 is 11.3 Å². The summed E-state index contributed by atoms with van der Waals surface area (Å²) in [6.45, 7) is 1.92. The number of hydrogen-bond acceptors (Lipinski definition) is 4. The van der Waals surface area contributed by atoms with Crippen molar-refractivity contribution >= 4 is 23.1 Å². The molecule has 16 heavy (non-hydrogen) atoms. The number of nitrogens with one attached hydrogen (secondary N) is 1. The van der Waals surface area contributed by atoms with Crippen LogP contribution in [0.4, 0.5) is 5.82 Å². The molecule has 2 heterocycles. The van der Waals surface area contributed by atoms with Gasteiger partial charge in [-0.1, -0.05) is 0 Å². The lowest BCUT2D eigenvalue weighted by Crippen LogP contribution is -2.16. The van der Waals surface area contributed by atoms with Gasteiger partial charge in [-0.15, -0.1) is 11.3 Å². The minimum Gasteiger partial charge on any atom is -0.311 e. The van der Waals surface area contributed by atoms with Crippen LogP contribution < -0.4 is 5.32 Å². The second-order valence-electron chi connectivity index (χ2n) is 3.42. The first-order chi connectivity index (χ1) is 7.65. The number of hydrogen-bond donors (Lipinski definition) is 1. The molecular weight excluding hydrogens is 224 g/mol. The molecule has 0 fully saturated rings. The highest BCUT2D eigenvalue weighted by molar-refractivity contribution is 7.09. The van der Waals surface area contributed by atoms with E-state index in [-0.39, 0.29) is 5.91 Å². The average molecular weight is 236 g/mol. The Hall–Kier alpha value is -1.69. The first-order valence-corrected chi connectivity index (χ1v) is 5.72. The monoisotopic (exact) mass is 236 g/mol. The summed E-state index contributed by atoms with van der Waals surface area (Å²) in [5, 5.41) is 9.62. The number of carbonyl (C=O) groups excluding carboxylic acids is 1. The molecule has 0 saturated heterocycles. The number of carbonyl (C=O) groups is 1. The largest absolute Gasteiger partial charge is 0.311 e. The lowest BCUT2D eigenvalue weighted by atomic mass is 10.3. The maximum absolute atomic E-state index is 11.7. The molecule has 0 radical (unpaired) electrons. The quantitative estimate of drug-likeness (QED) is 0.875. The van der Waals surface area contributed by atoms with Gasteiger partial charge < -0.3 is 5.32 Å². The Morgan fingerprint density at radius 2 is 2.44 bits per heavy atom.